The van der Waals surface area contributed by atoms with Gasteiger partial charge in [-0.05, 0) is 40.2 Å². The molecule has 1 amide bonds. The third kappa shape index (κ3) is 2.89. The molecule has 2 aromatic heterocycles. The molecular formula is C15H21N5O2. The Labute approximate surface area is 129 Å². The van der Waals surface area contributed by atoms with Crippen LogP contribution in [0.5, 0.6) is 0 Å². The maximum atomic E-state index is 12.3. The minimum Gasteiger partial charge on any atom is -0.359 e. The van der Waals surface area contributed by atoms with Gasteiger partial charge in [0.15, 0.2) is 5.76 Å². The molecule has 3 heterocycles. The summed E-state index contributed by atoms with van der Waals surface area (Å²) < 4.78 is 5.37. The van der Waals surface area contributed by atoms with Crippen molar-refractivity contribution in [3.05, 3.63) is 28.9 Å². The summed E-state index contributed by atoms with van der Waals surface area (Å²) in [5, 5.41) is 13.8. The minimum atomic E-state index is -0.0317. The first-order chi connectivity index (χ1) is 10.5. The van der Waals surface area contributed by atoms with Crippen molar-refractivity contribution in [1.82, 2.24) is 20.3 Å². The molecule has 0 saturated carbocycles. The van der Waals surface area contributed by atoms with Gasteiger partial charge in [0.1, 0.15) is 0 Å². The third-order valence-corrected chi connectivity index (χ3v) is 4.08. The van der Waals surface area contributed by atoms with Crippen LogP contribution >= 0.6 is 0 Å². The average Bonchev–Trinajstić information content (AvgIpc) is 3.16. The zero-order valence-electron chi connectivity index (χ0n) is 13.1. The van der Waals surface area contributed by atoms with Gasteiger partial charge in [-0.2, -0.15) is 5.10 Å². The summed E-state index contributed by atoms with van der Waals surface area (Å²) in [7, 11) is 0. The molecule has 1 saturated heterocycles. The molecule has 3 rings (SSSR count). The van der Waals surface area contributed by atoms with E-state index < -0.39 is 0 Å². The van der Waals surface area contributed by atoms with Crippen molar-refractivity contribution in [2.75, 3.05) is 18.4 Å². The summed E-state index contributed by atoms with van der Waals surface area (Å²) in [4.78, 5) is 14.5. The molecule has 1 aliphatic rings. The van der Waals surface area contributed by atoms with Crippen LogP contribution in [0.4, 0.5) is 5.69 Å². The first kappa shape index (κ1) is 14.8. The Balaban J connectivity index is 1.65. The number of carbonyl (C=O) groups is 1. The summed E-state index contributed by atoms with van der Waals surface area (Å²) in [6, 6.07) is 2.09. The van der Waals surface area contributed by atoms with E-state index in [1.54, 1.807) is 0 Å². The Morgan fingerprint density at radius 1 is 1.50 bits per heavy atom. The number of amides is 1. The molecular weight excluding hydrogens is 282 g/mol. The largest absolute Gasteiger partial charge is 0.359 e. The van der Waals surface area contributed by atoms with E-state index in [-0.39, 0.29) is 11.9 Å². The van der Waals surface area contributed by atoms with Gasteiger partial charge in [0, 0.05) is 6.07 Å². The van der Waals surface area contributed by atoms with Crippen molar-refractivity contribution in [3.63, 3.8) is 0 Å². The molecule has 1 atom stereocenters. The van der Waals surface area contributed by atoms with Crippen LogP contribution in [0.25, 0.3) is 0 Å². The van der Waals surface area contributed by atoms with Gasteiger partial charge >= 0.3 is 0 Å². The van der Waals surface area contributed by atoms with E-state index in [4.69, 9.17) is 4.52 Å². The van der Waals surface area contributed by atoms with Gasteiger partial charge in [0.2, 0.25) is 5.91 Å². The van der Waals surface area contributed by atoms with E-state index in [0.29, 0.717) is 6.54 Å². The molecule has 0 aliphatic carbocycles. The number of anilines is 1. The number of nitrogens with one attached hydrogen (secondary N) is 2. The number of rotatable bonds is 4. The predicted octanol–water partition coefficient (Wildman–Crippen LogP) is 2.10. The van der Waals surface area contributed by atoms with Crippen LogP contribution in [0.3, 0.4) is 0 Å². The first-order valence-corrected chi connectivity index (χ1v) is 7.53. The molecule has 0 radical (unpaired) electrons. The fraction of sp³-hybridized carbons (Fsp3) is 0.533. The number of H-pyrrole nitrogens is 1. The zero-order valence-corrected chi connectivity index (χ0v) is 13.1. The molecule has 0 spiro atoms. The summed E-state index contributed by atoms with van der Waals surface area (Å²) in [5.41, 5.74) is 3.32. The smallest absolute Gasteiger partial charge is 0.238 e. The number of carbonyl (C=O) groups excluding carboxylic acids is 1. The molecule has 7 heteroatoms. The molecule has 118 valence electrons. The van der Waals surface area contributed by atoms with Crippen molar-refractivity contribution in [3.8, 4) is 0 Å². The lowest BCUT2D eigenvalue weighted by Gasteiger charge is -2.21. The third-order valence-electron chi connectivity index (χ3n) is 4.08. The standard InChI is InChI=1S/C15H21N5O2/c1-9-7-13(22-19-9)12-5-4-6-20(12)8-14(21)16-15-10(2)17-18-11(15)3/h7,12H,4-6,8H2,1-3H3,(H,16,21)(H,17,18). The number of likely N-dealkylation sites (tertiary alicyclic amines) is 1. The number of aromatic amines is 1. The van der Waals surface area contributed by atoms with E-state index in [1.165, 1.54) is 0 Å². The highest BCUT2D eigenvalue weighted by Gasteiger charge is 2.30. The highest BCUT2D eigenvalue weighted by atomic mass is 16.5. The number of hydrogen-bond donors (Lipinski definition) is 2. The summed E-state index contributed by atoms with van der Waals surface area (Å²) in [6.07, 6.45) is 2.05. The van der Waals surface area contributed by atoms with Gasteiger partial charge in [-0.15, -0.1) is 0 Å². The predicted molar refractivity (Wildman–Crippen MR) is 81.5 cm³/mol. The Hall–Kier alpha value is -2.15. The molecule has 0 bridgehead atoms. The maximum Gasteiger partial charge on any atom is 0.238 e. The molecule has 1 unspecified atom stereocenters. The summed E-state index contributed by atoms with van der Waals surface area (Å²) in [6.45, 7) is 6.90. The summed E-state index contributed by atoms with van der Waals surface area (Å²) in [5.74, 6) is 0.814. The van der Waals surface area contributed by atoms with Crippen molar-refractivity contribution in [2.45, 2.75) is 39.7 Å². The van der Waals surface area contributed by atoms with Gasteiger partial charge < -0.3 is 9.84 Å². The molecule has 2 N–H and O–H groups in total. The number of nitrogens with zero attached hydrogens (tertiary/aromatic N) is 3. The van der Waals surface area contributed by atoms with Crippen molar-refractivity contribution in [1.29, 1.82) is 0 Å². The highest BCUT2D eigenvalue weighted by Crippen LogP contribution is 2.32. The van der Waals surface area contributed by atoms with E-state index >= 15 is 0 Å². The number of hydrogen-bond acceptors (Lipinski definition) is 5. The van der Waals surface area contributed by atoms with Crippen molar-refractivity contribution < 1.29 is 9.32 Å². The second kappa shape index (κ2) is 5.92. The zero-order chi connectivity index (χ0) is 15.7. The second-order valence-electron chi connectivity index (χ2n) is 5.86. The Morgan fingerprint density at radius 2 is 2.32 bits per heavy atom. The van der Waals surface area contributed by atoms with Crippen LogP contribution in [0.2, 0.25) is 0 Å². The molecule has 22 heavy (non-hydrogen) atoms. The number of aromatic nitrogens is 3. The topological polar surface area (TPSA) is 87.0 Å². The van der Waals surface area contributed by atoms with Gasteiger partial charge in [0.05, 0.1) is 35.4 Å². The Morgan fingerprint density at radius 3 is 2.95 bits per heavy atom. The summed E-state index contributed by atoms with van der Waals surface area (Å²) >= 11 is 0. The van der Waals surface area contributed by atoms with Gasteiger partial charge in [-0.3, -0.25) is 14.8 Å². The second-order valence-corrected chi connectivity index (χ2v) is 5.86. The Kier molecular flexibility index (Phi) is 3.98. The van der Waals surface area contributed by atoms with Gasteiger partial charge in [0.25, 0.3) is 0 Å². The molecule has 7 nitrogen and oxygen atoms in total. The first-order valence-electron chi connectivity index (χ1n) is 7.53. The van der Waals surface area contributed by atoms with Crippen LogP contribution in [-0.2, 0) is 4.79 Å². The van der Waals surface area contributed by atoms with Crippen molar-refractivity contribution >= 4 is 11.6 Å². The van der Waals surface area contributed by atoms with Crippen LogP contribution in [0.15, 0.2) is 10.6 Å². The van der Waals surface area contributed by atoms with Gasteiger partial charge in [-0.25, -0.2) is 0 Å². The van der Waals surface area contributed by atoms with Crippen LogP contribution < -0.4 is 5.32 Å². The van der Waals surface area contributed by atoms with Gasteiger partial charge in [-0.1, -0.05) is 5.16 Å². The van der Waals surface area contributed by atoms with E-state index in [0.717, 1.165) is 47.9 Å². The lowest BCUT2D eigenvalue weighted by atomic mass is 10.1. The quantitative estimate of drug-likeness (QED) is 0.903. The molecule has 0 aromatic carbocycles. The van der Waals surface area contributed by atoms with Crippen LogP contribution in [0, 0.1) is 20.8 Å². The van der Waals surface area contributed by atoms with Crippen LogP contribution in [0.1, 0.15) is 41.7 Å². The normalized spacial score (nSPS) is 18.8. The fourth-order valence-corrected chi connectivity index (χ4v) is 2.98. The lowest BCUT2D eigenvalue weighted by molar-refractivity contribution is -0.117. The molecule has 1 fully saturated rings. The SMILES string of the molecule is Cc1cc(C2CCCN2CC(=O)Nc2c(C)n[nH]c2C)on1. The monoisotopic (exact) mass is 303 g/mol. The van der Waals surface area contributed by atoms with E-state index in [2.05, 4.69) is 25.6 Å². The Bertz CT molecular complexity index is 656. The fourth-order valence-electron chi connectivity index (χ4n) is 2.98. The van der Waals surface area contributed by atoms with E-state index in [1.807, 2.05) is 26.8 Å². The van der Waals surface area contributed by atoms with Crippen LogP contribution in [-0.4, -0.2) is 39.3 Å². The maximum absolute atomic E-state index is 12.3. The molecule has 2 aromatic rings. The number of aryl methyl sites for hydroxylation is 3. The highest BCUT2D eigenvalue weighted by molar-refractivity contribution is 5.93. The minimum absolute atomic E-state index is 0.0317. The van der Waals surface area contributed by atoms with E-state index in [9.17, 15) is 4.79 Å². The lowest BCUT2D eigenvalue weighted by Crippen LogP contribution is -2.33. The van der Waals surface area contributed by atoms with Crippen molar-refractivity contribution in [2.24, 2.45) is 0 Å². The average molecular weight is 303 g/mol. The molecule has 1 aliphatic heterocycles.